The summed E-state index contributed by atoms with van der Waals surface area (Å²) in [4.78, 5) is 0. The van der Waals surface area contributed by atoms with Gasteiger partial charge in [-0.05, 0) is 37.5 Å². The van der Waals surface area contributed by atoms with Crippen LogP contribution in [0.2, 0.25) is 5.02 Å². The number of hydrogen-bond acceptors (Lipinski definition) is 3. The number of benzene rings is 1. The molecule has 3 aliphatic rings. The molecule has 1 aliphatic carbocycles. The first-order valence-corrected chi connectivity index (χ1v) is 7.10. The molecule has 2 heterocycles. The van der Waals surface area contributed by atoms with Gasteiger partial charge >= 0.3 is 0 Å². The maximum atomic E-state index is 5.97. The second kappa shape index (κ2) is 3.94. The highest BCUT2D eigenvalue weighted by molar-refractivity contribution is 6.30. The number of hydrogen-bond donors (Lipinski definition) is 2. The molecule has 0 aromatic heterocycles. The zero-order valence-corrected chi connectivity index (χ0v) is 11.5. The molecule has 19 heavy (non-hydrogen) atoms. The SMILES string of the molecule is CC1=C2C(=CNC2c2ccc(Cl)cc2)N(C2CC2)N1. The van der Waals surface area contributed by atoms with E-state index in [4.69, 9.17) is 11.6 Å². The molecule has 4 heteroatoms. The predicted octanol–water partition coefficient (Wildman–Crippen LogP) is 3.08. The van der Waals surface area contributed by atoms with Crippen LogP contribution >= 0.6 is 11.6 Å². The van der Waals surface area contributed by atoms with Gasteiger partial charge in [0.25, 0.3) is 0 Å². The first-order valence-electron chi connectivity index (χ1n) is 6.73. The number of nitrogens with one attached hydrogen (secondary N) is 2. The molecule has 0 spiro atoms. The fraction of sp³-hybridized carbons (Fsp3) is 0.333. The van der Waals surface area contributed by atoms with E-state index in [0.29, 0.717) is 6.04 Å². The van der Waals surface area contributed by atoms with Gasteiger partial charge in [0.15, 0.2) is 0 Å². The molecule has 98 valence electrons. The summed E-state index contributed by atoms with van der Waals surface area (Å²) in [5.41, 5.74) is 8.69. The Labute approximate surface area is 117 Å². The van der Waals surface area contributed by atoms with Crippen LogP contribution in [-0.4, -0.2) is 11.1 Å². The van der Waals surface area contributed by atoms with Crippen molar-refractivity contribution in [2.75, 3.05) is 0 Å². The van der Waals surface area contributed by atoms with E-state index >= 15 is 0 Å². The summed E-state index contributed by atoms with van der Waals surface area (Å²) in [5, 5.41) is 6.59. The molecular weight excluding hydrogens is 258 g/mol. The van der Waals surface area contributed by atoms with E-state index in [2.05, 4.69) is 41.0 Å². The van der Waals surface area contributed by atoms with E-state index in [1.807, 2.05) is 12.1 Å². The molecule has 0 bridgehead atoms. The number of nitrogens with zero attached hydrogens (tertiary/aromatic N) is 1. The van der Waals surface area contributed by atoms with Gasteiger partial charge in [0.2, 0.25) is 0 Å². The molecule has 1 saturated carbocycles. The van der Waals surface area contributed by atoms with Gasteiger partial charge in [-0.1, -0.05) is 23.7 Å². The van der Waals surface area contributed by atoms with Crippen molar-refractivity contribution in [2.24, 2.45) is 0 Å². The number of rotatable bonds is 2. The van der Waals surface area contributed by atoms with Crippen LogP contribution in [-0.2, 0) is 0 Å². The lowest BCUT2D eigenvalue weighted by Crippen LogP contribution is -2.32. The minimum Gasteiger partial charge on any atom is -0.378 e. The average molecular weight is 274 g/mol. The normalized spacial score (nSPS) is 25.1. The maximum absolute atomic E-state index is 5.97. The van der Waals surface area contributed by atoms with E-state index in [0.717, 1.165) is 5.02 Å². The molecule has 1 aromatic carbocycles. The van der Waals surface area contributed by atoms with Crippen LogP contribution in [0.15, 0.2) is 47.4 Å². The summed E-state index contributed by atoms with van der Waals surface area (Å²) in [5.74, 6) is 0. The molecule has 0 saturated heterocycles. The third kappa shape index (κ3) is 1.72. The Bertz CT molecular complexity index is 584. The van der Waals surface area contributed by atoms with Gasteiger partial charge in [0.05, 0.1) is 17.8 Å². The van der Waals surface area contributed by atoms with E-state index < -0.39 is 0 Å². The van der Waals surface area contributed by atoms with Crippen molar-refractivity contribution in [3.63, 3.8) is 0 Å². The standard InChI is InChI=1S/C15H16ClN3/c1-9-14-13(19(18-9)12-6-7-12)8-17-15(14)10-2-4-11(16)5-3-10/h2-5,8,12,15,17-18H,6-7H2,1H3. The number of allylic oxidation sites excluding steroid dienone is 1. The third-order valence-corrected chi connectivity index (χ3v) is 4.27. The van der Waals surface area contributed by atoms with E-state index in [-0.39, 0.29) is 6.04 Å². The second-order valence-electron chi connectivity index (χ2n) is 5.43. The summed E-state index contributed by atoms with van der Waals surface area (Å²) < 4.78 is 0. The van der Waals surface area contributed by atoms with Gasteiger partial charge < -0.3 is 10.7 Å². The highest BCUT2D eigenvalue weighted by atomic mass is 35.5. The van der Waals surface area contributed by atoms with Crippen molar-refractivity contribution < 1.29 is 0 Å². The van der Waals surface area contributed by atoms with E-state index in [9.17, 15) is 0 Å². The number of fused-ring (bicyclic) bond motifs is 1. The minimum absolute atomic E-state index is 0.239. The fourth-order valence-electron chi connectivity index (χ4n) is 2.92. The van der Waals surface area contributed by atoms with Crippen LogP contribution in [0.5, 0.6) is 0 Å². The van der Waals surface area contributed by atoms with Gasteiger partial charge in [-0.3, -0.25) is 5.01 Å². The van der Waals surface area contributed by atoms with Crippen molar-refractivity contribution in [3.8, 4) is 0 Å². The Morgan fingerprint density at radius 2 is 1.95 bits per heavy atom. The third-order valence-electron chi connectivity index (χ3n) is 4.02. The van der Waals surface area contributed by atoms with E-state index in [1.54, 1.807) is 0 Å². The Hall–Kier alpha value is -1.61. The Morgan fingerprint density at radius 1 is 1.21 bits per heavy atom. The molecule has 3 nitrogen and oxygen atoms in total. The number of halogens is 1. The fourth-order valence-corrected chi connectivity index (χ4v) is 3.05. The van der Waals surface area contributed by atoms with Gasteiger partial charge in [-0.15, -0.1) is 0 Å². The zero-order valence-electron chi connectivity index (χ0n) is 10.8. The topological polar surface area (TPSA) is 27.3 Å². The summed E-state index contributed by atoms with van der Waals surface area (Å²) >= 11 is 5.97. The van der Waals surface area contributed by atoms with Crippen molar-refractivity contribution in [1.29, 1.82) is 0 Å². The van der Waals surface area contributed by atoms with Crippen molar-refractivity contribution in [2.45, 2.75) is 31.8 Å². The lowest BCUT2D eigenvalue weighted by molar-refractivity contribution is 0.292. The zero-order chi connectivity index (χ0) is 13.0. The molecule has 1 atom stereocenters. The smallest absolute Gasteiger partial charge is 0.0806 e. The number of hydrazine groups is 1. The van der Waals surface area contributed by atoms with Crippen LogP contribution < -0.4 is 10.7 Å². The van der Waals surface area contributed by atoms with Crippen LogP contribution in [0.25, 0.3) is 0 Å². The summed E-state index contributed by atoms with van der Waals surface area (Å²) in [6, 6.07) is 9.00. The lowest BCUT2D eigenvalue weighted by atomic mass is 9.98. The van der Waals surface area contributed by atoms with Crippen molar-refractivity contribution in [1.82, 2.24) is 15.8 Å². The van der Waals surface area contributed by atoms with Crippen LogP contribution in [0.1, 0.15) is 31.4 Å². The maximum Gasteiger partial charge on any atom is 0.0806 e. The summed E-state index contributed by atoms with van der Waals surface area (Å²) in [6.45, 7) is 2.15. The minimum atomic E-state index is 0.239. The molecule has 4 rings (SSSR count). The first-order chi connectivity index (χ1) is 9.24. The van der Waals surface area contributed by atoms with Crippen LogP contribution in [0.3, 0.4) is 0 Å². The van der Waals surface area contributed by atoms with Crippen LogP contribution in [0, 0.1) is 0 Å². The molecule has 2 aliphatic heterocycles. The molecule has 1 fully saturated rings. The highest BCUT2D eigenvalue weighted by Gasteiger charge is 2.41. The van der Waals surface area contributed by atoms with Gasteiger partial charge in [-0.2, -0.15) is 0 Å². The molecule has 0 amide bonds. The van der Waals surface area contributed by atoms with Crippen molar-refractivity contribution in [3.05, 3.63) is 58.0 Å². The summed E-state index contributed by atoms with van der Waals surface area (Å²) in [6.07, 6.45) is 4.71. The quantitative estimate of drug-likeness (QED) is 0.867. The van der Waals surface area contributed by atoms with Crippen molar-refractivity contribution >= 4 is 11.6 Å². The summed E-state index contributed by atoms with van der Waals surface area (Å²) in [7, 11) is 0. The Morgan fingerprint density at radius 3 is 2.63 bits per heavy atom. The molecule has 2 N–H and O–H groups in total. The average Bonchev–Trinajstić information content (AvgIpc) is 3.06. The van der Waals surface area contributed by atoms with Crippen LogP contribution in [0.4, 0.5) is 0 Å². The van der Waals surface area contributed by atoms with Gasteiger partial charge in [-0.25, -0.2) is 0 Å². The highest BCUT2D eigenvalue weighted by Crippen LogP contribution is 2.43. The van der Waals surface area contributed by atoms with E-state index in [1.165, 1.54) is 35.4 Å². The lowest BCUT2D eigenvalue weighted by Gasteiger charge is -2.19. The first kappa shape index (κ1) is 11.2. The largest absolute Gasteiger partial charge is 0.378 e. The molecule has 1 unspecified atom stereocenters. The monoisotopic (exact) mass is 273 g/mol. The van der Waals surface area contributed by atoms with Gasteiger partial charge in [0, 0.05) is 22.5 Å². The molecule has 0 radical (unpaired) electrons. The van der Waals surface area contributed by atoms with Gasteiger partial charge in [0.1, 0.15) is 0 Å². The Kier molecular flexibility index (Phi) is 2.33. The predicted molar refractivity (Wildman–Crippen MR) is 76.1 cm³/mol. The molecular formula is C15H16ClN3. The molecule has 1 aromatic rings. The second-order valence-corrected chi connectivity index (χ2v) is 5.87. The Balaban J connectivity index is 1.67.